The Labute approximate surface area is 174 Å². The number of hydrogen-bond donors (Lipinski definition) is 1. The highest BCUT2D eigenvalue weighted by Gasteiger charge is 2.25. The van der Waals surface area contributed by atoms with Gasteiger partial charge in [-0.1, -0.05) is 13.3 Å². The quantitative estimate of drug-likeness (QED) is 0.356. The lowest BCUT2D eigenvalue weighted by Gasteiger charge is -2.24. The molecule has 0 saturated heterocycles. The number of rotatable bonds is 10. The van der Waals surface area contributed by atoms with Crippen LogP contribution in [0.4, 0.5) is 11.4 Å². The number of nitro groups is 1. The summed E-state index contributed by atoms with van der Waals surface area (Å²) in [4.78, 5) is 37.3. The molecule has 0 aliphatic rings. The standard InChI is InChI=1S/C21H24N2O7/c1-3-5-12-22(20(25)14-30-17-9-7-16(24)8-10-17)19-13-15(23(27)28)6-11-18(19)21(26)29-4-2/h6-11,13,24H,3-5,12,14H2,1-2H3. The fourth-order valence-corrected chi connectivity index (χ4v) is 2.70. The van der Waals surface area contributed by atoms with Crippen molar-refractivity contribution in [3.8, 4) is 11.5 Å². The molecule has 1 N–H and O–H groups in total. The van der Waals surface area contributed by atoms with Crippen molar-refractivity contribution in [2.24, 2.45) is 0 Å². The van der Waals surface area contributed by atoms with Crippen molar-refractivity contribution in [1.82, 2.24) is 0 Å². The SMILES string of the molecule is CCCCN(C(=O)COc1ccc(O)cc1)c1cc([N+](=O)[O-])ccc1C(=O)OCC. The number of phenols is 1. The average Bonchev–Trinajstić information content (AvgIpc) is 2.73. The number of phenolic OH excluding ortho intramolecular Hbond substituents is 1. The zero-order valence-electron chi connectivity index (χ0n) is 16.9. The largest absolute Gasteiger partial charge is 0.508 e. The first-order valence-corrected chi connectivity index (χ1v) is 9.55. The third-order valence-corrected chi connectivity index (χ3v) is 4.21. The fourth-order valence-electron chi connectivity index (χ4n) is 2.70. The summed E-state index contributed by atoms with van der Waals surface area (Å²) in [5, 5.41) is 20.6. The molecule has 0 atom stereocenters. The third kappa shape index (κ3) is 5.94. The van der Waals surface area contributed by atoms with Gasteiger partial charge in [-0.3, -0.25) is 14.9 Å². The van der Waals surface area contributed by atoms with E-state index in [1.54, 1.807) is 6.92 Å². The molecule has 0 aliphatic heterocycles. The van der Waals surface area contributed by atoms with Crippen LogP contribution in [0.25, 0.3) is 0 Å². The molecule has 9 heteroatoms. The summed E-state index contributed by atoms with van der Waals surface area (Å²) in [5.41, 5.74) is -0.0706. The number of amides is 1. The number of aromatic hydroxyl groups is 1. The van der Waals surface area contributed by atoms with Crippen LogP contribution >= 0.6 is 0 Å². The molecule has 0 spiro atoms. The summed E-state index contributed by atoms with van der Waals surface area (Å²) >= 11 is 0. The van der Waals surface area contributed by atoms with E-state index in [-0.39, 0.29) is 42.4 Å². The van der Waals surface area contributed by atoms with Crippen LogP contribution in [-0.2, 0) is 9.53 Å². The highest BCUT2D eigenvalue weighted by atomic mass is 16.6. The molecule has 9 nitrogen and oxygen atoms in total. The van der Waals surface area contributed by atoms with Crippen molar-refractivity contribution < 1.29 is 29.1 Å². The number of hydrogen-bond acceptors (Lipinski definition) is 7. The lowest BCUT2D eigenvalue weighted by atomic mass is 10.1. The number of benzene rings is 2. The van der Waals surface area contributed by atoms with Crippen molar-refractivity contribution >= 4 is 23.3 Å². The van der Waals surface area contributed by atoms with E-state index in [4.69, 9.17) is 9.47 Å². The number of nitro benzene ring substituents is 1. The Morgan fingerprint density at radius 2 is 1.83 bits per heavy atom. The maximum atomic E-state index is 12.9. The lowest BCUT2D eigenvalue weighted by Crippen LogP contribution is -2.37. The van der Waals surface area contributed by atoms with E-state index in [1.807, 2.05) is 6.92 Å². The summed E-state index contributed by atoms with van der Waals surface area (Å²) < 4.78 is 10.5. The molecule has 2 aromatic rings. The van der Waals surface area contributed by atoms with Crippen molar-refractivity contribution in [3.63, 3.8) is 0 Å². The lowest BCUT2D eigenvalue weighted by molar-refractivity contribution is -0.384. The minimum Gasteiger partial charge on any atom is -0.508 e. The van der Waals surface area contributed by atoms with Crippen LogP contribution in [0.1, 0.15) is 37.0 Å². The van der Waals surface area contributed by atoms with Gasteiger partial charge in [0.05, 0.1) is 22.8 Å². The van der Waals surface area contributed by atoms with Crippen LogP contribution in [0.2, 0.25) is 0 Å². The van der Waals surface area contributed by atoms with Crippen LogP contribution in [0.5, 0.6) is 11.5 Å². The Balaban J connectivity index is 2.36. The fraction of sp³-hybridized carbons (Fsp3) is 0.333. The molecule has 160 valence electrons. The normalized spacial score (nSPS) is 10.3. The van der Waals surface area contributed by atoms with Crippen LogP contribution in [0.15, 0.2) is 42.5 Å². The van der Waals surface area contributed by atoms with Gasteiger partial charge in [-0.15, -0.1) is 0 Å². The third-order valence-electron chi connectivity index (χ3n) is 4.21. The van der Waals surface area contributed by atoms with Crippen molar-refractivity contribution in [2.75, 3.05) is 24.7 Å². The summed E-state index contributed by atoms with van der Waals surface area (Å²) in [5.74, 6) is -0.700. The van der Waals surface area contributed by atoms with Gasteiger partial charge in [0.1, 0.15) is 11.5 Å². The number of carbonyl (C=O) groups is 2. The molecule has 0 unspecified atom stereocenters. The van der Waals surface area contributed by atoms with Gasteiger partial charge >= 0.3 is 5.97 Å². The second-order valence-corrected chi connectivity index (χ2v) is 6.36. The molecule has 0 aliphatic carbocycles. The topological polar surface area (TPSA) is 119 Å². The van der Waals surface area contributed by atoms with Gasteiger partial charge < -0.3 is 19.5 Å². The summed E-state index contributed by atoms with van der Waals surface area (Å²) in [6.45, 7) is 3.62. The van der Waals surface area contributed by atoms with Crippen LogP contribution in [0.3, 0.4) is 0 Å². The van der Waals surface area contributed by atoms with Crippen LogP contribution in [0, 0.1) is 10.1 Å². The van der Waals surface area contributed by atoms with Gasteiger partial charge in [0.25, 0.3) is 11.6 Å². The smallest absolute Gasteiger partial charge is 0.340 e. The zero-order chi connectivity index (χ0) is 22.1. The summed E-state index contributed by atoms with van der Waals surface area (Å²) in [7, 11) is 0. The van der Waals surface area contributed by atoms with Gasteiger partial charge in [-0.2, -0.15) is 0 Å². The molecule has 2 aromatic carbocycles. The average molecular weight is 416 g/mol. The number of nitrogens with zero attached hydrogens (tertiary/aromatic N) is 2. The highest BCUT2D eigenvalue weighted by molar-refractivity contribution is 6.03. The molecular formula is C21H24N2O7. The minimum absolute atomic E-state index is 0.0638. The first kappa shape index (κ1) is 22.7. The Morgan fingerprint density at radius 1 is 1.13 bits per heavy atom. The first-order chi connectivity index (χ1) is 14.4. The van der Waals surface area contributed by atoms with Gasteiger partial charge in [0.2, 0.25) is 0 Å². The van der Waals surface area contributed by atoms with E-state index in [0.717, 1.165) is 6.42 Å². The second-order valence-electron chi connectivity index (χ2n) is 6.36. The minimum atomic E-state index is -0.670. The van der Waals surface area contributed by atoms with Crippen molar-refractivity contribution in [2.45, 2.75) is 26.7 Å². The van der Waals surface area contributed by atoms with Crippen molar-refractivity contribution in [1.29, 1.82) is 0 Å². The van der Waals surface area contributed by atoms with Gasteiger partial charge in [0, 0.05) is 18.7 Å². The molecule has 30 heavy (non-hydrogen) atoms. The van der Waals surface area contributed by atoms with Crippen LogP contribution < -0.4 is 9.64 Å². The van der Waals surface area contributed by atoms with E-state index < -0.39 is 16.8 Å². The number of esters is 1. The predicted molar refractivity (Wildman–Crippen MR) is 110 cm³/mol. The second kappa shape index (κ2) is 10.8. The van der Waals surface area contributed by atoms with E-state index in [2.05, 4.69) is 0 Å². The Bertz CT molecular complexity index is 897. The Morgan fingerprint density at radius 3 is 2.43 bits per heavy atom. The zero-order valence-corrected chi connectivity index (χ0v) is 16.9. The van der Waals surface area contributed by atoms with Gasteiger partial charge in [0.15, 0.2) is 6.61 Å². The monoisotopic (exact) mass is 416 g/mol. The molecule has 0 radical (unpaired) electrons. The first-order valence-electron chi connectivity index (χ1n) is 9.55. The highest BCUT2D eigenvalue weighted by Crippen LogP contribution is 2.28. The predicted octanol–water partition coefficient (Wildman–Crippen LogP) is 3.69. The molecular weight excluding hydrogens is 392 g/mol. The Kier molecular flexibility index (Phi) is 8.16. The number of ether oxygens (including phenoxy) is 2. The number of carbonyl (C=O) groups excluding carboxylic acids is 2. The number of anilines is 1. The molecule has 0 fully saturated rings. The number of non-ortho nitro benzene ring substituents is 1. The molecule has 0 bridgehead atoms. The molecule has 0 aromatic heterocycles. The van der Waals surface area contributed by atoms with E-state index >= 15 is 0 Å². The molecule has 0 saturated carbocycles. The maximum Gasteiger partial charge on any atom is 0.340 e. The van der Waals surface area contributed by atoms with E-state index in [9.17, 15) is 24.8 Å². The van der Waals surface area contributed by atoms with Gasteiger partial charge in [-0.25, -0.2) is 4.79 Å². The Hall–Kier alpha value is -3.62. The van der Waals surface area contributed by atoms with Crippen LogP contribution in [-0.4, -0.2) is 41.7 Å². The van der Waals surface area contributed by atoms with E-state index in [1.165, 1.54) is 47.4 Å². The van der Waals surface area contributed by atoms with Crippen molar-refractivity contribution in [3.05, 3.63) is 58.1 Å². The number of unbranched alkanes of at least 4 members (excludes halogenated alkanes) is 1. The summed E-state index contributed by atoms with van der Waals surface area (Å²) in [6.07, 6.45) is 1.39. The summed E-state index contributed by atoms with van der Waals surface area (Å²) in [6, 6.07) is 9.55. The maximum absolute atomic E-state index is 12.9. The van der Waals surface area contributed by atoms with E-state index in [0.29, 0.717) is 12.2 Å². The molecule has 1 amide bonds. The molecule has 2 rings (SSSR count). The molecule has 0 heterocycles. The van der Waals surface area contributed by atoms with Gasteiger partial charge in [-0.05, 0) is 43.7 Å².